The summed E-state index contributed by atoms with van der Waals surface area (Å²) in [6.45, 7) is 7.53. The van der Waals surface area contributed by atoms with Gasteiger partial charge in [-0.15, -0.1) is 0 Å². The van der Waals surface area contributed by atoms with E-state index in [0.29, 0.717) is 6.54 Å². The van der Waals surface area contributed by atoms with Crippen molar-refractivity contribution in [3.8, 4) is 5.75 Å². The number of hydrogen-bond acceptors (Lipinski definition) is 3. The zero-order chi connectivity index (χ0) is 14.3. The molecule has 0 bridgehead atoms. The molecular weight excluding hydrogens is 250 g/mol. The first-order valence-electron chi connectivity index (χ1n) is 7.07. The number of ether oxygens (including phenoxy) is 1. The van der Waals surface area contributed by atoms with Crippen molar-refractivity contribution in [1.29, 1.82) is 0 Å². The largest absolute Gasteiger partial charge is 0.488 e. The van der Waals surface area contributed by atoms with Crippen molar-refractivity contribution < 1.29 is 4.74 Å². The molecule has 1 aliphatic rings. The van der Waals surface area contributed by atoms with E-state index in [4.69, 9.17) is 10.5 Å². The van der Waals surface area contributed by atoms with Gasteiger partial charge in [0.15, 0.2) is 0 Å². The summed E-state index contributed by atoms with van der Waals surface area (Å²) in [5.41, 5.74) is 11.7. The molecule has 1 aromatic carbocycles. The molecule has 2 N–H and O–H groups in total. The van der Waals surface area contributed by atoms with E-state index < -0.39 is 0 Å². The maximum atomic E-state index is 6.01. The summed E-state index contributed by atoms with van der Waals surface area (Å²) in [5.74, 6) is 1.01. The Morgan fingerprint density at radius 1 is 1.35 bits per heavy atom. The molecule has 0 spiro atoms. The molecule has 2 heterocycles. The summed E-state index contributed by atoms with van der Waals surface area (Å²) in [4.78, 5) is 0. The summed E-state index contributed by atoms with van der Waals surface area (Å²) < 4.78 is 8.04. The molecule has 106 valence electrons. The van der Waals surface area contributed by atoms with Crippen LogP contribution in [0.15, 0.2) is 18.2 Å². The Labute approximate surface area is 119 Å². The second kappa shape index (κ2) is 4.94. The lowest BCUT2D eigenvalue weighted by Gasteiger charge is -2.12. The van der Waals surface area contributed by atoms with E-state index in [-0.39, 0.29) is 6.10 Å². The first-order chi connectivity index (χ1) is 9.58. The van der Waals surface area contributed by atoms with Crippen molar-refractivity contribution in [2.45, 2.75) is 46.4 Å². The molecule has 2 aromatic rings. The van der Waals surface area contributed by atoms with Crippen LogP contribution in [-0.2, 0) is 19.5 Å². The highest BCUT2D eigenvalue weighted by atomic mass is 16.5. The van der Waals surface area contributed by atoms with Crippen LogP contribution in [0.1, 0.15) is 28.1 Å². The van der Waals surface area contributed by atoms with Crippen molar-refractivity contribution in [2.24, 2.45) is 5.73 Å². The van der Waals surface area contributed by atoms with E-state index >= 15 is 0 Å². The third kappa shape index (κ3) is 2.20. The highest BCUT2D eigenvalue weighted by molar-refractivity contribution is 5.40. The first kappa shape index (κ1) is 13.2. The minimum atomic E-state index is 0.162. The van der Waals surface area contributed by atoms with Gasteiger partial charge in [0.2, 0.25) is 0 Å². The quantitative estimate of drug-likeness (QED) is 0.931. The molecule has 4 nitrogen and oxygen atoms in total. The lowest BCUT2D eigenvalue weighted by atomic mass is 10.1. The smallest absolute Gasteiger partial charge is 0.123 e. The van der Waals surface area contributed by atoms with Gasteiger partial charge in [-0.2, -0.15) is 5.10 Å². The minimum absolute atomic E-state index is 0.162. The zero-order valence-electron chi connectivity index (χ0n) is 12.3. The lowest BCUT2D eigenvalue weighted by Crippen LogP contribution is -2.22. The van der Waals surface area contributed by atoms with E-state index in [0.717, 1.165) is 35.7 Å². The second-order valence-electron chi connectivity index (χ2n) is 5.59. The third-order valence-electron chi connectivity index (χ3n) is 4.07. The van der Waals surface area contributed by atoms with Crippen molar-refractivity contribution in [1.82, 2.24) is 9.78 Å². The normalized spacial score (nSPS) is 17.1. The molecule has 0 fully saturated rings. The summed E-state index contributed by atoms with van der Waals surface area (Å²) >= 11 is 0. The summed E-state index contributed by atoms with van der Waals surface area (Å²) in [7, 11) is 0. The molecule has 3 rings (SSSR count). The molecule has 1 aliphatic heterocycles. The van der Waals surface area contributed by atoms with Crippen LogP contribution < -0.4 is 10.5 Å². The number of nitrogens with zero attached hydrogens (tertiary/aromatic N) is 2. The van der Waals surface area contributed by atoms with Crippen LogP contribution in [0.2, 0.25) is 0 Å². The van der Waals surface area contributed by atoms with Gasteiger partial charge in [0.05, 0.1) is 12.2 Å². The van der Waals surface area contributed by atoms with Gasteiger partial charge in [0.1, 0.15) is 11.9 Å². The maximum Gasteiger partial charge on any atom is 0.123 e. The number of hydrogen-bond donors (Lipinski definition) is 1. The Bertz CT molecular complexity index is 645. The van der Waals surface area contributed by atoms with E-state index in [9.17, 15) is 0 Å². The average Bonchev–Trinajstić information content (AvgIpc) is 2.91. The van der Waals surface area contributed by atoms with Crippen LogP contribution in [-0.4, -0.2) is 15.9 Å². The number of rotatable bonds is 3. The number of aryl methyl sites for hydroxylation is 2. The number of nitrogens with two attached hydrogens (primary N) is 1. The fourth-order valence-electron chi connectivity index (χ4n) is 2.95. The Hall–Kier alpha value is -1.81. The zero-order valence-corrected chi connectivity index (χ0v) is 12.3. The summed E-state index contributed by atoms with van der Waals surface area (Å²) in [6, 6.07) is 6.37. The van der Waals surface area contributed by atoms with Gasteiger partial charge < -0.3 is 10.5 Å². The maximum absolute atomic E-state index is 6.01. The Balaban J connectivity index is 1.78. The molecule has 0 saturated heterocycles. The molecular formula is C16H21N3O. The number of fused-ring (bicyclic) bond motifs is 1. The third-order valence-corrected chi connectivity index (χ3v) is 4.07. The van der Waals surface area contributed by atoms with Crippen molar-refractivity contribution in [2.75, 3.05) is 0 Å². The Morgan fingerprint density at radius 3 is 2.85 bits per heavy atom. The van der Waals surface area contributed by atoms with E-state index in [1.165, 1.54) is 11.1 Å². The van der Waals surface area contributed by atoms with Crippen molar-refractivity contribution in [3.05, 3.63) is 46.3 Å². The standard InChI is InChI=1S/C16H21N3O/c1-10-4-5-16-13(6-10)7-14(20-16)9-19-12(3)15(8-17)11(2)18-19/h4-6,14H,7-9,17H2,1-3H3. The minimum Gasteiger partial charge on any atom is -0.488 e. The highest BCUT2D eigenvalue weighted by Crippen LogP contribution is 2.30. The van der Waals surface area contributed by atoms with Gasteiger partial charge in [-0.25, -0.2) is 0 Å². The van der Waals surface area contributed by atoms with E-state index in [2.05, 4.69) is 37.1 Å². The van der Waals surface area contributed by atoms with Crippen LogP contribution >= 0.6 is 0 Å². The molecule has 0 aliphatic carbocycles. The van der Waals surface area contributed by atoms with Crippen LogP contribution in [0.5, 0.6) is 5.75 Å². The van der Waals surface area contributed by atoms with Gasteiger partial charge in [-0.1, -0.05) is 17.7 Å². The molecule has 0 saturated carbocycles. The fraction of sp³-hybridized carbons (Fsp3) is 0.438. The molecule has 0 radical (unpaired) electrons. The van der Waals surface area contributed by atoms with Crippen LogP contribution in [0.4, 0.5) is 0 Å². The second-order valence-corrected chi connectivity index (χ2v) is 5.59. The predicted molar refractivity (Wildman–Crippen MR) is 78.9 cm³/mol. The van der Waals surface area contributed by atoms with E-state index in [1.54, 1.807) is 0 Å². The number of aromatic nitrogens is 2. The van der Waals surface area contributed by atoms with Gasteiger partial charge in [-0.05, 0) is 32.4 Å². The first-order valence-corrected chi connectivity index (χ1v) is 7.07. The lowest BCUT2D eigenvalue weighted by molar-refractivity contribution is 0.202. The van der Waals surface area contributed by atoms with Gasteiger partial charge in [-0.3, -0.25) is 4.68 Å². The molecule has 1 unspecified atom stereocenters. The van der Waals surface area contributed by atoms with Crippen LogP contribution in [0.25, 0.3) is 0 Å². The topological polar surface area (TPSA) is 53.1 Å². The average molecular weight is 271 g/mol. The molecule has 1 aromatic heterocycles. The summed E-state index contributed by atoms with van der Waals surface area (Å²) in [5, 5.41) is 4.58. The number of benzene rings is 1. The molecule has 1 atom stereocenters. The SMILES string of the molecule is Cc1ccc2c(c1)CC(Cn1nc(C)c(CN)c1C)O2. The van der Waals surface area contributed by atoms with Gasteiger partial charge >= 0.3 is 0 Å². The predicted octanol–water partition coefficient (Wildman–Crippen LogP) is 2.27. The van der Waals surface area contributed by atoms with E-state index in [1.807, 2.05) is 11.6 Å². The van der Waals surface area contributed by atoms with Crippen LogP contribution in [0.3, 0.4) is 0 Å². The van der Waals surface area contributed by atoms with Gasteiger partial charge in [0.25, 0.3) is 0 Å². The van der Waals surface area contributed by atoms with Crippen molar-refractivity contribution >= 4 is 0 Å². The molecule has 20 heavy (non-hydrogen) atoms. The Morgan fingerprint density at radius 2 is 2.15 bits per heavy atom. The monoisotopic (exact) mass is 271 g/mol. The highest BCUT2D eigenvalue weighted by Gasteiger charge is 2.24. The summed E-state index contributed by atoms with van der Waals surface area (Å²) in [6.07, 6.45) is 1.11. The van der Waals surface area contributed by atoms with Crippen LogP contribution in [0, 0.1) is 20.8 Å². The molecule has 0 amide bonds. The van der Waals surface area contributed by atoms with Crippen molar-refractivity contribution in [3.63, 3.8) is 0 Å². The Kier molecular flexibility index (Phi) is 3.26. The van der Waals surface area contributed by atoms with Gasteiger partial charge in [0, 0.05) is 24.2 Å². The molecule has 4 heteroatoms. The fourth-order valence-corrected chi connectivity index (χ4v) is 2.95.